The number of pyridine rings is 1. The van der Waals surface area contributed by atoms with Crippen molar-refractivity contribution >= 4 is 38.5 Å². The highest BCUT2D eigenvalue weighted by molar-refractivity contribution is 7.91. The Morgan fingerprint density at radius 3 is 2.89 bits per heavy atom. The van der Waals surface area contributed by atoms with Crippen LogP contribution in [-0.4, -0.2) is 49.7 Å². The topological polar surface area (TPSA) is 127 Å². The number of nitrogens with two attached hydrogens (primary N) is 1. The SMILES string of the molecule is Cc1ccc2nc(C)cc(C(=O)N3CCC[C@H](COc4cccc5c4C(N)=NS(=O)(=O)N5)C3)c2c1. The number of rotatable bonds is 4. The van der Waals surface area contributed by atoms with Gasteiger partial charge in [0, 0.05) is 30.1 Å². The molecule has 35 heavy (non-hydrogen) atoms. The van der Waals surface area contributed by atoms with E-state index in [1.807, 2.05) is 43.0 Å². The molecule has 1 saturated heterocycles. The summed E-state index contributed by atoms with van der Waals surface area (Å²) in [5.41, 5.74) is 10.1. The van der Waals surface area contributed by atoms with Crippen molar-refractivity contribution in [2.75, 3.05) is 24.4 Å². The lowest BCUT2D eigenvalue weighted by Gasteiger charge is -2.33. The first-order valence-electron chi connectivity index (χ1n) is 11.5. The number of ether oxygens (including phenoxy) is 1. The van der Waals surface area contributed by atoms with E-state index in [4.69, 9.17) is 10.5 Å². The predicted octanol–water partition coefficient (Wildman–Crippen LogP) is 3.16. The van der Waals surface area contributed by atoms with Crippen LogP contribution in [-0.2, 0) is 10.2 Å². The van der Waals surface area contributed by atoms with Gasteiger partial charge in [-0.25, -0.2) is 0 Å². The van der Waals surface area contributed by atoms with E-state index >= 15 is 0 Å². The molecule has 1 atom stereocenters. The minimum absolute atomic E-state index is 0.00123. The first-order valence-corrected chi connectivity index (χ1v) is 13.0. The Morgan fingerprint density at radius 2 is 2.06 bits per heavy atom. The highest BCUT2D eigenvalue weighted by Crippen LogP contribution is 2.31. The maximum absolute atomic E-state index is 13.6. The van der Waals surface area contributed by atoms with Crippen molar-refractivity contribution in [3.63, 3.8) is 0 Å². The minimum Gasteiger partial charge on any atom is -0.492 e. The van der Waals surface area contributed by atoms with Gasteiger partial charge in [0.15, 0.2) is 5.84 Å². The van der Waals surface area contributed by atoms with Crippen LogP contribution in [0.4, 0.5) is 5.69 Å². The number of fused-ring (bicyclic) bond motifs is 2. The third kappa shape index (κ3) is 4.66. The van der Waals surface area contributed by atoms with Gasteiger partial charge in [0.05, 0.1) is 28.9 Å². The average Bonchev–Trinajstić information content (AvgIpc) is 2.81. The van der Waals surface area contributed by atoms with Crippen molar-refractivity contribution in [1.82, 2.24) is 9.88 Å². The van der Waals surface area contributed by atoms with Gasteiger partial charge in [-0.05, 0) is 57.0 Å². The lowest BCUT2D eigenvalue weighted by atomic mass is 9.97. The van der Waals surface area contributed by atoms with E-state index in [1.54, 1.807) is 18.2 Å². The fourth-order valence-corrected chi connectivity index (χ4v) is 5.59. The summed E-state index contributed by atoms with van der Waals surface area (Å²) in [4.78, 5) is 20.0. The molecule has 0 unspecified atom stereocenters. The number of carbonyl (C=O) groups is 1. The Kier molecular flexibility index (Phi) is 5.84. The summed E-state index contributed by atoms with van der Waals surface area (Å²) in [6.07, 6.45) is 1.79. The molecule has 0 radical (unpaired) electrons. The number of amidine groups is 1. The molecule has 3 N–H and O–H groups in total. The van der Waals surface area contributed by atoms with Gasteiger partial charge >= 0.3 is 10.2 Å². The first-order chi connectivity index (χ1) is 16.7. The quantitative estimate of drug-likeness (QED) is 0.575. The zero-order valence-electron chi connectivity index (χ0n) is 19.6. The molecule has 0 saturated carbocycles. The number of hydrogen-bond donors (Lipinski definition) is 2. The summed E-state index contributed by atoms with van der Waals surface area (Å²) in [5.74, 6) is 0.475. The van der Waals surface area contributed by atoms with E-state index in [-0.39, 0.29) is 17.7 Å². The van der Waals surface area contributed by atoms with Crippen LogP contribution in [0.1, 0.15) is 40.0 Å². The van der Waals surface area contributed by atoms with E-state index in [2.05, 4.69) is 14.1 Å². The number of aromatic nitrogens is 1. The van der Waals surface area contributed by atoms with Crippen molar-refractivity contribution in [3.8, 4) is 5.75 Å². The summed E-state index contributed by atoms with van der Waals surface area (Å²) in [6, 6.07) is 12.9. The van der Waals surface area contributed by atoms with Crippen LogP contribution in [0.25, 0.3) is 10.9 Å². The van der Waals surface area contributed by atoms with Gasteiger partial charge in [0.1, 0.15) is 5.75 Å². The second-order valence-corrected chi connectivity index (χ2v) is 10.5. The normalized spacial score (nSPS) is 19.0. The number of benzene rings is 2. The van der Waals surface area contributed by atoms with Crippen molar-refractivity contribution < 1.29 is 17.9 Å². The van der Waals surface area contributed by atoms with Crippen LogP contribution in [0.15, 0.2) is 46.9 Å². The third-order valence-corrected chi connectivity index (χ3v) is 7.26. The van der Waals surface area contributed by atoms with E-state index < -0.39 is 10.2 Å². The molecule has 9 nitrogen and oxygen atoms in total. The number of piperidine rings is 1. The highest BCUT2D eigenvalue weighted by atomic mass is 32.2. The summed E-state index contributed by atoms with van der Waals surface area (Å²) in [5, 5.41) is 0.868. The van der Waals surface area contributed by atoms with Gasteiger partial charge in [0.2, 0.25) is 0 Å². The van der Waals surface area contributed by atoms with Crippen LogP contribution in [0.5, 0.6) is 5.75 Å². The van der Waals surface area contributed by atoms with Gasteiger partial charge in [-0.2, -0.15) is 8.42 Å². The first kappa shape index (κ1) is 23.1. The summed E-state index contributed by atoms with van der Waals surface area (Å²) in [6.45, 7) is 5.53. The molecule has 0 aliphatic carbocycles. The second kappa shape index (κ2) is 8.84. The largest absolute Gasteiger partial charge is 0.492 e. The Labute approximate surface area is 204 Å². The van der Waals surface area contributed by atoms with Gasteiger partial charge in [-0.1, -0.05) is 17.7 Å². The highest BCUT2D eigenvalue weighted by Gasteiger charge is 2.28. The molecule has 3 aromatic rings. The number of amides is 1. The van der Waals surface area contributed by atoms with Gasteiger partial charge in [-0.15, -0.1) is 4.40 Å². The number of aryl methyl sites for hydroxylation is 2. The lowest BCUT2D eigenvalue weighted by molar-refractivity contribution is 0.0635. The van der Waals surface area contributed by atoms with Crippen molar-refractivity contribution in [1.29, 1.82) is 0 Å². The van der Waals surface area contributed by atoms with Crippen LogP contribution >= 0.6 is 0 Å². The molecule has 0 bridgehead atoms. The van der Waals surface area contributed by atoms with Crippen molar-refractivity contribution in [3.05, 3.63) is 64.8 Å². The van der Waals surface area contributed by atoms with E-state index in [0.717, 1.165) is 35.0 Å². The summed E-state index contributed by atoms with van der Waals surface area (Å²) in [7, 11) is -3.85. The molecule has 10 heteroatoms. The van der Waals surface area contributed by atoms with Crippen LogP contribution in [0.2, 0.25) is 0 Å². The molecule has 2 aliphatic heterocycles. The summed E-state index contributed by atoms with van der Waals surface area (Å²) >= 11 is 0. The molecule has 1 amide bonds. The zero-order valence-corrected chi connectivity index (χ0v) is 20.4. The minimum atomic E-state index is -3.85. The predicted molar refractivity (Wildman–Crippen MR) is 135 cm³/mol. The molecule has 2 aromatic carbocycles. The van der Waals surface area contributed by atoms with Crippen LogP contribution in [0, 0.1) is 19.8 Å². The van der Waals surface area contributed by atoms with Gasteiger partial charge in [0.25, 0.3) is 5.91 Å². The Bertz CT molecular complexity index is 1470. The smallest absolute Gasteiger partial charge is 0.344 e. The summed E-state index contributed by atoms with van der Waals surface area (Å²) < 4.78 is 35.6. The van der Waals surface area contributed by atoms with Gasteiger partial charge in [-0.3, -0.25) is 14.5 Å². The molecule has 182 valence electrons. The molecule has 5 rings (SSSR count). The molecule has 1 fully saturated rings. The maximum Gasteiger partial charge on any atom is 0.344 e. The third-order valence-electron chi connectivity index (χ3n) is 6.34. The van der Waals surface area contributed by atoms with E-state index in [9.17, 15) is 13.2 Å². The monoisotopic (exact) mass is 493 g/mol. The molecule has 0 spiro atoms. The van der Waals surface area contributed by atoms with Crippen molar-refractivity contribution in [2.24, 2.45) is 16.0 Å². The maximum atomic E-state index is 13.6. The molecule has 2 aliphatic rings. The number of nitrogens with one attached hydrogen (secondary N) is 1. The van der Waals surface area contributed by atoms with Gasteiger partial charge < -0.3 is 15.4 Å². The fourth-order valence-electron chi connectivity index (χ4n) is 4.75. The van der Waals surface area contributed by atoms with E-state index in [0.29, 0.717) is 42.3 Å². The van der Waals surface area contributed by atoms with Crippen LogP contribution < -0.4 is 15.2 Å². The molecule has 3 heterocycles. The Morgan fingerprint density at radius 1 is 1.23 bits per heavy atom. The molecule has 1 aromatic heterocycles. The second-order valence-electron chi connectivity index (χ2n) is 9.13. The Hall–Kier alpha value is -3.66. The molecular weight excluding hydrogens is 466 g/mol. The zero-order chi connectivity index (χ0) is 24.7. The number of anilines is 1. The fraction of sp³-hybridized carbons (Fsp3) is 0.320. The number of nitrogens with zero attached hydrogens (tertiary/aromatic N) is 3. The average molecular weight is 494 g/mol. The number of likely N-dealkylation sites (tertiary alicyclic amines) is 1. The van der Waals surface area contributed by atoms with Crippen molar-refractivity contribution in [2.45, 2.75) is 26.7 Å². The van der Waals surface area contributed by atoms with E-state index in [1.165, 1.54) is 0 Å². The lowest BCUT2D eigenvalue weighted by Crippen LogP contribution is -2.41. The number of carbonyl (C=O) groups excluding carboxylic acids is 1. The molecular formula is C25H27N5O4S. The number of hydrogen-bond acceptors (Lipinski definition) is 6. The Balaban J connectivity index is 1.33. The van der Waals surface area contributed by atoms with Crippen LogP contribution in [0.3, 0.4) is 0 Å². The standard InChI is InChI=1S/C25H27N5O4S/c1-15-8-9-20-18(11-15)19(12-16(2)27-20)25(31)30-10-4-5-17(13-30)14-34-22-7-3-6-21-23(22)24(26)29-35(32,33)28-21/h3,6-9,11-12,17,28H,4-5,10,13-14H2,1-2H3,(H2,26,29)/t17-/m0/s1.